The van der Waals surface area contributed by atoms with E-state index in [1.54, 1.807) is 18.2 Å². The van der Waals surface area contributed by atoms with Gasteiger partial charge >= 0.3 is 0 Å². The molecule has 8 aromatic rings. The third kappa shape index (κ3) is 7.69. The highest BCUT2D eigenvalue weighted by atomic mass is 16.7. The molecule has 10 nitrogen and oxygen atoms in total. The first kappa shape index (κ1) is 34.6. The number of aromatic nitrogens is 6. The van der Waals surface area contributed by atoms with Gasteiger partial charge in [0.2, 0.25) is 6.79 Å². The van der Waals surface area contributed by atoms with Crippen molar-refractivity contribution in [1.29, 1.82) is 0 Å². The average molecular weight is 723 g/mol. The molecular weight excluding hydrogens is 689 g/mol. The van der Waals surface area contributed by atoms with E-state index in [0.717, 1.165) is 33.4 Å². The molecule has 10 heteroatoms. The summed E-state index contributed by atoms with van der Waals surface area (Å²) >= 11 is 0. The Kier molecular flexibility index (Phi) is 9.60. The van der Waals surface area contributed by atoms with Gasteiger partial charge in [-0.15, -0.1) is 0 Å². The number of rotatable bonds is 10. The van der Waals surface area contributed by atoms with E-state index in [1.165, 1.54) is 12.1 Å². The van der Waals surface area contributed by atoms with E-state index >= 15 is 0 Å². The van der Waals surface area contributed by atoms with E-state index in [4.69, 9.17) is 39.4 Å². The molecular formula is C45H34N6O4. The highest BCUT2D eigenvalue weighted by Crippen LogP contribution is 2.36. The second kappa shape index (κ2) is 15.3. The fourth-order valence-electron chi connectivity index (χ4n) is 6.02. The number of hydrogen-bond acceptors (Lipinski definition) is 10. The van der Waals surface area contributed by atoms with Gasteiger partial charge in [-0.1, -0.05) is 115 Å². The summed E-state index contributed by atoms with van der Waals surface area (Å²) in [7, 11) is 0. The lowest BCUT2D eigenvalue weighted by Crippen LogP contribution is -2.07. The maximum Gasteiger partial charge on any atom is 0.230 e. The molecule has 0 aliphatic heterocycles. The van der Waals surface area contributed by atoms with Gasteiger partial charge in [0.15, 0.2) is 34.9 Å². The predicted molar refractivity (Wildman–Crippen MR) is 211 cm³/mol. The van der Waals surface area contributed by atoms with Crippen LogP contribution in [0.5, 0.6) is 23.0 Å². The topological polar surface area (TPSA) is 136 Å². The molecule has 2 aromatic heterocycles. The van der Waals surface area contributed by atoms with Crippen molar-refractivity contribution in [3.05, 3.63) is 157 Å². The summed E-state index contributed by atoms with van der Waals surface area (Å²) in [6.45, 7) is 3.68. The molecule has 0 spiro atoms. The standard InChI is InChI=1S/C45H34N6O4/c1-28-13-12-20-33(23-28)43-47-42(32-18-10-5-11-19-32)48-44(51-43)35-22-21-34(25-37(35)52)54-27-55-39-26-38(53)36(24-29(39)2)45-49-40(30-14-6-3-7-15-30)46-41(50-45)31-16-8-4-9-17-31/h3-26,52-53H,27H2,1-2H3. The van der Waals surface area contributed by atoms with Gasteiger partial charge in [-0.3, -0.25) is 0 Å². The van der Waals surface area contributed by atoms with E-state index in [9.17, 15) is 10.2 Å². The van der Waals surface area contributed by atoms with Crippen molar-refractivity contribution in [2.24, 2.45) is 0 Å². The van der Waals surface area contributed by atoms with E-state index in [1.807, 2.05) is 129 Å². The lowest BCUT2D eigenvalue weighted by molar-refractivity contribution is 0.118. The van der Waals surface area contributed by atoms with E-state index < -0.39 is 0 Å². The first-order chi connectivity index (χ1) is 26.9. The van der Waals surface area contributed by atoms with Crippen LogP contribution in [-0.4, -0.2) is 46.9 Å². The van der Waals surface area contributed by atoms with Crippen LogP contribution in [0.15, 0.2) is 146 Å². The fourth-order valence-corrected chi connectivity index (χ4v) is 6.02. The minimum Gasteiger partial charge on any atom is -0.507 e. The summed E-state index contributed by atoms with van der Waals surface area (Å²) in [6, 6.07) is 45.0. The zero-order valence-corrected chi connectivity index (χ0v) is 30.0. The predicted octanol–water partition coefficient (Wildman–Crippen LogP) is 9.50. The SMILES string of the molecule is Cc1cccc(-c2nc(-c3ccccc3)nc(-c3ccc(OCOc4cc(O)c(-c5nc(-c6ccccc6)nc(-c6ccccc6)n5)cc4C)cc3O)n2)c1. The summed E-state index contributed by atoms with van der Waals surface area (Å²) in [5.41, 5.74) is 5.98. The Morgan fingerprint density at radius 3 is 1.42 bits per heavy atom. The van der Waals surface area contributed by atoms with Crippen LogP contribution in [0.3, 0.4) is 0 Å². The molecule has 0 unspecified atom stereocenters. The van der Waals surface area contributed by atoms with Crippen LogP contribution < -0.4 is 9.47 Å². The average Bonchev–Trinajstić information content (AvgIpc) is 3.22. The van der Waals surface area contributed by atoms with Crippen molar-refractivity contribution in [2.45, 2.75) is 13.8 Å². The van der Waals surface area contributed by atoms with E-state index in [0.29, 0.717) is 57.6 Å². The molecule has 0 aliphatic rings. The van der Waals surface area contributed by atoms with Crippen LogP contribution in [0.4, 0.5) is 0 Å². The zero-order chi connectivity index (χ0) is 37.7. The van der Waals surface area contributed by atoms with Crippen LogP contribution in [0.2, 0.25) is 0 Å². The van der Waals surface area contributed by atoms with Gasteiger partial charge < -0.3 is 19.7 Å². The molecule has 55 heavy (non-hydrogen) atoms. The third-order valence-corrected chi connectivity index (χ3v) is 8.83. The number of ether oxygens (including phenoxy) is 2. The van der Waals surface area contributed by atoms with Crippen LogP contribution in [0, 0.1) is 13.8 Å². The first-order valence-electron chi connectivity index (χ1n) is 17.6. The van der Waals surface area contributed by atoms with Crippen molar-refractivity contribution in [3.8, 4) is 91.3 Å². The van der Waals surface area contributed by atoms with Crippen LogP contribution in [0.25, 0.3) is 68.3 Å². The molecule has 0 amide bonds. The number of aryl methyl sites for hydroxylation is 2. The van der Waals surface area contributed by atoms with Gasteiger partial charge in [-0.05, 0) is 43.7 Å². The number of nitrogens with zero attached hydrogens (tertiary/aromatic N) is 6. The molecule has 8 rings (SSSR count). The second-order valence-electron chi connectivity index (χ2n) is 12.8. The van der Waals surface area contributed by atoms with Gasteiger partial charge in [0.05, 0.1) is 11.1 Å². The smallest absolute Gasteiger partial charge is 0.230 e. The molecule has 0 fully saturated rings. The minimum absolute atomic E-state index is 0.0657. The molecule has 0 saturated carbocycles. The second-order valence-corrected chi connectivity index (χ2v) is 12.8. The van der Waals surface area contributed by atoms with Crippen LogP contribution in [-0.2, 0) is 0 Å². The maximum atomic E-state index is 11.2. The maximum absolute atomic E-state index is 11.2. The Balaban J connectivity index is 1.02. The van der Waals surface area contributed by atoms with Crippen molar-refractivity contribution in [2.75, 3.05) is 6.79 Å². The summed E-state index contributed by atoms with van der Waals surface area (Å²) in [5.74, 6) is 3.24. The van der Waals surface area contributed by atoms with Crippen molar-refractivity contribution < 1.29 is 19.7 Å². The Morgan fingerprint density at radius 2 is 0.891 bits per heavy atom. The summed E-state index contributed by atoms with van der Waals surface area (Å²) in [5, 5.41) is 22.4. The quantitative estimate of drug-likeness (QED) is 0.131. The molecule has 2 heterocycles. The highest BCUT2D eigenvalue weighted by molar-refractivity contribution is 5.72. The largest absolute Gasteiger partial charge is 0.507 e. The third-order valence-electron chi connectivity index (χ3n) is 8.83. The zero-order valence-electron chi connectivity index (χ0n) is 30.0. The molecule has 2 N–H and O–H groups in total. The van der Waals surface area contributed by atoms with Crippen LogP contribution >= 0.6 is 0 Å². The summed E-state index contributed by atoms with van der Waals surface area (Å²) < 4.78 is 11.8. The molecule has 0 bridgehead atoms. The Bertz CT molecular complexity index is 2570. The molecule has 0 aliphatic carbocycles. The molecule has 6 aromatic carbocycles. The van der Waals surface area contributed by atoms with Gasteiger partial charge in [0.1, 0.15) is 23.0 Å². The molecule has 0 saturated heterocycles. The number of benzene rings is 6. The minimum atomic E-state index is -0.193. The van der Waals surface area contributed by atoms with Crippen molar-refractivity contribution >= 4 is 0 Å². The Labute approximate surface area is 317 Å². The lowest BCUT2D eigenvalue weighted by atomic mass is 10.1. The van der Waals surface area contributed by atoms with Crippen LogP contribution in [0.1, 0.15) is 11.1 Å². The fraction of sp³-hybridized carbons (Fsp3) is 0.0667. The van der Waals surface area contributed by atoms with Crippen molar-refractivity contribution in [3.63, 3.8) is 0 Å². The first-order valence-corrected chi connectivity index (χ1v) is 17.6. The molecule has 268 valence electrons. The summed E-state index contributed by atoms with van der Waals surface area (Å²) in [4.78, 5) is 28.4. The van der Waals surface area contributed by atoms with Gasteiger partial charge in [0.25, 0.3) is 0 Å². The monoisotopic (exact) mass is 722 g/mol. The molecule has 0 radical (unpaired) electrons. The number of aromatic hydroxyl groups is 2. The Hall–Kier alpha value is -7.46. The van der Waals surface area contributed by atoms with Gasteiger partial charge in [0, 0.05) is 34.4 Å². The molecule has 0 atom stereocenters. The highest BCUT2D eigenvalue weighted by Gasteiger charge is 2.18. The van der Waals surface area contributed by atoms with Gasteiger partial charge in [-0.2, -0.15) is 0 Å². The van der Waals surface area contributed by atoms with E-state index in [-0.39, 0.29) is 18.3 Å². The van der Waals surface area contributed by atoms with E-state index in [2.05, 4.69) is 0 Å². The number of hydrogen-bond donors (Lipinski definition) is 2. The Morgan fingerprint density at radius 1 is 0.418 bits per heavy atom. The lowest BCUT2D eigenvalue weighted by Gasteiger charge is -2.14. The number of phenolic OH excluding ortho intramolecular Hbond substituents is 2. The summed E-state index contributed by atoms with van der Waals surface area (Å²) in [6.07, 6.45) is 0. The normalized spacial score (nSPS) is 10.9. The van der Waals surface area contributed by atoms with Crippen molar-refractivity contribution in [1.82, 2.24) is 29.9 Å². The number of phenols is 2. The van der Waals surface area contributed by atoms with Gasteiger partial charge in [-0.25, -0.2) is 29.9 Å².